The number of nitrogens with one attached hydrogen (secondary N) is 1. The molecule has 1 aliphatic rings. The average molecular weight is 301 g/mol. The molecular weight excluding hydrogens is 279 g/mol. The topological polar surface area (TPSA) is 15.3 Å². The van der Waals surface area contributed by atoms with E-state index in [2.05, 4.69) is 24.2 Å². The number of nitrogens with zero attached hydrogens (tertiary/aromatic N) is 1. The Hall–Kier alpha value is -0.280. The molecule has 0 amide bonds. The fraction of sp³-hybridized carbons (Fsp3) is 0.600. The van der Waals surface area contributed by atoms with Gasteiger partial charge in [0.1, 0.15) is 0 Å². The molecule has 106 valence electrons. The van der Waals surface area contributed by atoms with Crippen molar-refractivity contribution in [1.29, 1.82) is 0 Å². The van der Waals surface area contributed by atoms with Crippen molar-refractivity contribution in [3.05, 3.63) is 33.8 Å². The molecule has 0 aromatic heterocycles. The number of hydrogen-bond donors (Lipinski definition) is 1. The molecule has 2 nitrogen and oxygen atoms in total. The molecule has 2 unspecified atom stereocenters. The molecule has 0 radical (unpaired) electrons. The average Bonchev–Trinajstić information content (AvgIpc) is 2.39. The highest BCUT2D eigenvalue weighted by Crippen LogP contribution is 2.29. The third kappa shape index (κ3) is 4.09. The van der Waals surface area contributed by atoms with Crippen molar-refractivity contribution in [3.8, 4) is 0 Å². The van der Waals surface area contributed by atoms with Crippen molar-refractivity contribution < 1.29 is 0 Å². The first-order valence-electron chi connectivity index (χ1n) is 6.93. The van der Waals surface area contributed by atoms with Gasteiger partial charge in [0, 0.05) is 12.6 Å². The van der Waals surface area contributed by atoms with Crippen molar-refractivity contribution in [2.45, 2.75) is 25.8 Å². The largest absolute Gasteiger partial charge is 0.310 e. The minimum absolute atomic E-state index is 0.235. The molecule has 0 saturated carbocycles. The predicted octanol–water partition coefficient (Wildman–Crippen LogP) is 3.99. The van der Waals surface area contributed by atoms with Crippen LogP contribution in [0, 0.1) is 5.92 Å². The maximum Gasteiger partial charge on any atom is 0.0639 e. The molecule has 19 heavy (non-hydrogen) atoms. The quantitative estimate of drug-likeness (QED) is 0.904. The Bertz CT molecular complexity index is 423. The van der Waals surface area contributed by atoms with Gasteiger partial charge in [-0.3, -0.25) is 0 Å². The van der Waals surface area contributed by atoms with Crippen LogP contribution in [0.25, 0.3) is 0 Å². The molecule has 1 N–H and O–H groups in total. The number of piperidine rings is 1. The van der Waals surface area contributed by atoms with E-state index in [1.807, 2.05) is 18.2 Å². The van der Waals surface area contributed by atoms with Crippen molar-refractivity contribution >= 4 is 23.2 Å². The van der Waals surface area contributed by atoms with Crippen LogP contribution >= 0.6 is 23.2 Å². The summed E-state index contributed by atoms with van der Waals surface area (Å²) in [7, 11) is 2.20. The lowest BCUT2D eigenvalue weighted by Crippen LogP contribution is -2.38. The minimum atomic E-state index is 0.235. The summed E-state index contributed by atoms with van der Waals surface area (Å²) in [4.78, 5) is 2.41. The van der Waals surface area contributed by atoms with Gasteiger partial charge in [-0.05, 0) is 57.5 Å². The summed E-state index contributed by atoms with van der Waals surface area (Å²) >= 11 is 12.3. The van der Waals surface area contributed by atoms with Gasteiger partial charge in [-0.1, -0.05) is 35.3 Å². The fourth-order valence-corrected chi connectivity index (χ4v) is 3.22. The second-order valence-corrected chi connectivity index (χ2v) is 6.33. The van der Waals surface area contributed by atoms with Crippen molar-refractivity contribution in [3.63, 3.8) is 0 Å². The van der Waals surface area contributed by atoms with E-state index in [0.717, 1.165) is 18.0 Å². The Morgan fingerprint density at radius 3 is 2.95 bits per heavy atom. The maximum atomic E-state index is 6.25. The minimum Gasteiger partial charge on any atom is -0.310 e. The molecule has 1 fully saturated rings. The van der Waals surface area contributed by atoms with Gasteiger partial charge in [0.05, 0.1) is 10.0 Å². The predicted molar refractivity (Wildman–Crippen MR) is 83.1 cm³/mol. The Morgan fingerprint density at radius 2 is 2.21 bits per heavy atom. The lowest BCUT2D eigenvalue weighted by molar-refractivity contribution is 0.203. The van der Waals surface area contributed by atoms with Crippen LogP contribution in [0.1, 0.15) is 31.4 Å². The van der Waals surface area contributed by atoms with Crippen LogP contribution in [0.2, 0.25) is 10.0 Å². The normalized spacial score (nSPS) is 22.4. The van der Waals surface area contributed by atoms with Crippen LogP contribution in [-0.4, -0.2) is 31.6 Å². The molecule has 1 aliphatic heterocycles. The van der Waals surface area contributed by atoms with E-state index in [4.69, 9.17) is 23.2 Å². The van der Waals surface area contributed by atoms with Gasteiger partial charge in [-0.25, -0.2) is 0 Å². The Morgan fingerprint density at radius 1 is 1.42 bits per heavy atom. The lowest BCUT2D eigenvalue weighted by atomic mass is 9.97. The molecule has 0 spiro atoms. The van der Waals surface area contributed by atoms with Crippen LogP contribution in [0.15, 0.2) is 18.2 Å². The number of likely N-dealkylation sites (tertiary alicyclic amines) is 1. The summed E-state index contributed by atoms with van der Waals surface area (Å²) in [5, 5.41) is 4.89. The van der Waals surface area contributed by atoms with E-state index < -0.39 is 0 Å². The third-order valence-electron chi connectivity index (χ3n) is 3.88. The fourth-order valence-electron chi connectivity index (χ4n) is 2.75. The van der Waals surface area contributed by atoms with E-state index in [0.29, 0.717) is 10.0 Å². The zero-order valence-corrected chi connectivity index (χ0v) is 13.1. The van der Waals surface area contributed by atoms with E-state index in [9.17, 15) is 0 Å². The van der Waals surface area contributed by atoms with Crippen LogP contribution in [-0.2, 0) is 0 Å². The summed E-state index contributed by atoms with van der Waals surface area (Å²) in [5.41, 5.74) is 1.08. The second-order valence-electron chi connectivity index (χ2n) is 5.54. The summed E-state index contributed by atoms with van der Waals surface area (Å²) in [6, 6.07) is 6.06. The van der Waals surface area contributed by atoms with Gasteiger partial charge in [-0.2, -0.15) is 0 Å². The summed E-state index contributed by atoms with van der Waals surface area (Å²) in [6.45, 7) is 5.59. The van der Waals surface area contributed by atoms with E-state index in [1.54, 1.807) is 0 Å². The first kappa shape index (κ1) is 15.1. The summed E-state index contributed by atoms with van der Waals surface area (Å²) < 4.78 is 0. The van der Waals surface area contributed by atoms with Gasteiger partial charge in [0.15, 0.2) is 0 Å². The standard InChI is InChI=1S/C15H22Cl2N2/c1-11(13-6-3-7-14(16)15(13)17)18-9-12-5-4-8-19(2)10-12/h3,6-7,11-12,18H,4-5,8-10H2,1-2H3. The first-order chi connectivity index (χ1) is 9.08. The molecule has 1 aromatic rings. The number of rotatable bonds is 4. The summed E-state index contributed by atoms with van der Waals surface area (Å²) in [5.74, 6) is 0.735. The first-order valence-corrected chi connectivity index (χ1v) is 7.69. The molecule has 2 rings (SSSR count). The molecule has 1 aromatic carbocycles. The van der Waals surface area contributed by atoms with Gasteiger partial charge in [-0.15, -0.1) is 0 Å². The third-order valence-corrected chi connectivity index (χ3v) is 4.72. The SMILES string of the molecule is CC(NCC1CCCN(C)C1)c1cccc(Cl)c1Cl. The van der Waals surface area contributed by atoms with E-state index in [1.165, 1.54) is 25.9 Å². The maximum absolute atomic E-state index is 6.25. The van der Waals surface area contributed by atoms with Crippen LogP contribution in [0.5, 0.6) is 0 Å². The number of halogens is 2. The molecule has 1 heterocycles. The van der Waals surface area contributed by atoms with Crippen LogP contribution in [0.4, 0.5) is 0 Å². The van der Waals surface area contributed by atoms with Gasteiger partial charge in [0.25, 0.3) is 0 Å². The van der Waals surface area contributed by atoms with Crippen LogP contribution < -0.4 is 5.32 Å². The Kier molecular flexibility index (Phi) is 5.52. The van der Waals surface area contributed by atoms with E-state index in [-0.39, 0.29) is 6.04 Å². The van der Waals surface area contributed by atoms with Gasteiger partial charge < -0.3 is 10.2 Å². The highest BCUT2D eigenvalue weighted by atomic mass is 35.5. The molecule has 1 saturated heterocycles. The van der Waals surface area contributed by atoms with Crippen LogP contribution in [0.3, 0.4) is 0 Å². The zero-order valence-electron chi connectivity index (χ0n) is 11.6. The lowest BCUT2D eigenvalue weighted by Gasteiger charge is -2.30. The highest BCUT2D eigenvalue weighted by molar-refractivity contribution is 6.42. The van der Waals surface area contributed by atoms with Gasteiger partial charge >= 0.3 is 0 Å². The monoisotopic (exact) mass is 300 g/mol. The molecule has 0 aliphatic carbocycles. The molecule has 0 bridgehead atoms. The molecular formula is C15H22Cl2N2. The number of hydrogen-bond acceptors (Lipinski definition) is 2. The Labute approximate surface area is 126 Å². The van der Waals surface area contributed by atoms with E-state index >= 15 is 0 Å². The zero-order chi connectivity index (χ0) is 13.8. The summed E-state index contributed by atoms with van der Waals surface area (Å²) in [6.07, 6.45) is 2.61. The number of benzene rings is 1. The highest BCUT2D eigenvalue weighted by Gasteiger charge is 2.18. The molecule has 4 heteroatoms. The molecule has 2 atom stereocenters. The van der Waals surface area contributed by atoms with Gasteiger partial charge in [0.2, 0.25) is 0 Å². The Balaban J connectivity index is 1.90. The smallest absolute Gasteiger partial charge is 0.0639 e. The van der Waals surface area contributed by atoms with Crippen molar-refractivity contribution in [2.75, 3.05) is 26.7 Å². The van der Waals surface area contributed by atoms with Crippen molar-refractivity contribution in [2.24, 2.45) is 5.92 Å². The second kappa shape index (κ2) is 6.94. The van der Waals surface area contributed by atoms with Crippen molar-refractivity contribution in [1.82, 2.24) is 10.2 Å².